The van der Waals surface area contributed by atoms with E-state index in [2.05, 4.69) is 10.5 Å². The third-order valence-electron chi connectivity index (χ3n) is 3.91. The van der Waals surface area contributed by atoms with Gasteiger partial charge in [-0.25, -0.2) is 0 Å². The van der Waals surface area contributed by atoms with Crippen molar-refractivity contribution in [1.29, 1.82) is 0 Å². The summed E-state index contributed by atoms with van der Waals surface area (Å²) in [7, 11) is 0. The molecule has 2 aromatic rings. The Labute approximate surface area is 130 Å². The van der Waals surface area contributed by atoms with Crippen molar-refractivity contribution >= 4 is 5.91 Å². The summed E-state index contributed by atoms with van der Waals surface area (Å²) >= 11 is 0. The highest BCUT2D eigenvalue weighted by molar-refractivity contribution is 5.87. The van der Waals surface area contributed by atoms with Crippen LogP contribution in [0, 0.1) is 13.8 Å². The van der Waals surface area contributed by atoms with Crippen LogP contribution < -0.4 is 11.1 Å². The van der Waals surface area contributed by atoms with Crippen molar-refractivity contribution in [2.45, 2.75) is 45.7 Å². The number of rotatable bonds is 5. The fraction of sp³-hybridized carbons (Fsp3) is 0.412. The number of amides is 1. The summed E-state index contributed by atoms with van der Waals surface area (Å²) < 4.78 is 5.15. The summed E-state index contributed by atoms with van der Waals surface area (Å²) in [6, 6.07) is 9.31. The Morgan fingerprint density at radius 2 is 2.00 bits per heavy atom. The van der Waals surface area contributed by atoms with E-state index in [-0.39, 0.29) is 11.9 Å². The van der Waals surface area contributed by atoms with Crippen molar-refractivity contribution in [3.8, 4) is 0 Å². The van der Waals surface area contributed by atoms with Crippen molar-refractivity contribution in [3.05, 3.63) is 52.9 Å². The number of carbonyl (C=O) groups is 1. The quantitative estimate of drug-likeness (QED) is 0.887. The second kappa shape index (κ2) is 6.32. The number of aromatic nitrogens is 1. The molecule has 0 saturated heterocycles. The van der Waals surface area contributed by atoms with E-state index in [1.807, 2.05) is 51.1 Å². The Morgan fingerprint density at radius 3 is 2.55 bits per heavy atom. The minimum absolute atomic E-state index is 0.0594. The number of aryl methyl sites for hydroxylation is 2. The number of carbonyl (C=O) groups excluding carboxylic acids is 1. The predicted octanol–water partition coefficient (Wildman–Crippen LogP) is 2.21. The molecule has 0 saturated carbocycles. The molecular weight excluding hydrogens is 278 g/mol. The van der Waals surface area contributed by atoms with Crippen molar-refractivity contribution < 1.29 is 9.32 Å². The molecule has 0 radical (unpaired) electrons. The molecular formula is C17H23N3O2. The lowest BCUT2D eigenvalue weighted by atomic mass is 9.91. The molecule has 2 rings (SSSR count). The van der Waals surface area contributed by atoms with Crippen LogP contribution in [-0.2, 0) is 16.8 Å². The lowest BCUT2D eigenvalue weighted by Gasteiger charge is -2.26. The fourth-order valence-electron chi connectivity index (χ4n) is 2.44. The highest BCUT2D eigenvalue weighted by Gasteiger charge is 2.31. The Hall–Kier alpha value is -2.14. The Balaban J connectivity index is 2.05. The first-order valence-electron chi connectivity index (χ1n) is 7.39. The molecule has 22 heavy (non-hydrogen) atoms. The van der Waals surface area contributed by atoms with Crippen LogP contribution in [0.5, 0.6) is 0 Å². The van der Waals surface area contributed by atoms with Gasteiger partial charge in [0.05, 0.1) is 5.69 Å². The summed E-state index contributed by atoms with van der Waals surface area (Å²) in [5, 5.41) is 6.91. The van der Waals surface area contributed by atoms with E-state index >= 15 is 0 Å². The van der Waals surface area contributed by atoms with Crippen LogP contribution in [0.4, 0.5) is 0 Å². The van der Waals surface area contributed by atoms with Crippen molar-refractivity contribution in [1.82, 2.24) is 10.5 Å². The molecule has 3 N–H and O–H groups in total. The molecule has 1 heterocycles. The molecule has 5 heteroatoms. The maximum Gasteiger partial charge on any atom is 0.244 e. The first-order chi connectivity index (χ1) is 10.3. The number of nitrogens with zero attached hydrogens (tertiary/aromatic N) is 1. The molecule has 0 aliphatic heterocycles. The second-order valence-electron chi connectivity index (χ2n) is 5.95. The van der Waals surface area contributed by atoms with Crippen LogP contribution in [0.2, 0.25) is 0 Å². The first kappa shape index (κ1) is 16.2. The largest absolute Gasteiger partial charge is 0.361 e. The van der Waals surface area contributed by atoms with Crippen LogP contribution in [0.3, 0.4) is 0 Å². The first-order valence-corrected chi connectivity index (χ1v) is 7.39. The molecule has 0 bridgehead atoms. The summed E-state index contributed by atoms with van der Waals surface area (Å²) in [6.45, 7) is 7.45. The topological polar surface area (TPSA) is 81.2 Å². The summed E-state index contributed by atoms with van der Waals surface area (Å²) in [4.78, 5) is 12.5. The van der Waals surface area contributed by atoms with Crippen LogP contribution >= 0.6 is 0 Å². The molecule has 2 unspecified atom stereocenters. The lowest BCUT2D eigenvalue weighted by Crippen LogP contribution is -2.51. The van der Waals surface area contributed by atoms with Gasteiger partial charge in [0.1, 0.15) is 11.3 Å². The van der Waals surface area contributed by atoms with Gasteiger partial charge in [0.25, 0.3) is 0 Å². The van der Waals surface area contributed by atoms with Gasteiger partial charge in [-0.2, -0.15) is 0 Å². The Morgan fingerprint density at radius 1 is 1.36 bits per heavy atom. The van der Waals surface area contributed by atoms with E-state index in [1.54, 1.807) is 6.92 Å². The molecule has 1 aromatic carbocycles. The van der Waals surface area contributed by atoms with Crippen molar-refractivity contribution in [2.24, 2.45) is 5.73 Å². The van der Waals surface area contributed by atoms with Crippen LogP contribution in [0.25, 0.3) is 0 Å². The molecule has 1 amide bonds. The third-order valence-corrected chi connectivity index (χ3v) is 3.91. The van der Waals surface area contributed by atoms with Crippen molar-refractivity contribution in [2.75, 3.05) is 0 Å². The van der Waals surface area contributed by atoms with Gasteiger partial charge in [-0.3, -0.25) is 4.79 Å². The molecule has 5 nitrogen and oxygen atoms in total. The van der Waals surface area contributed by atoms with Gasteiger partial charge in [0, 0.05) is 11.6 Å². The number of nitrogens with one attached hydrogen (secondary N) is 1. The zero-order valence-electron chi connectivity index (χ0n) is 13.5. The minimum atomic E-state index is -1.06. The van der Waals surface area contributed by atoms with Gasteiger partial charge in [-0.1, -0.05) is 35.5 Å². The zero-order valence-corrected chi connectivity index (χ0v) is 13.5. The zero-order chi connectivity index (χ0) is 16.3. The maximum atomic E-state index is 12.5. The van der Waals surface area contributed by atoms with E-state index in [0.29, 0.717) is 6.42 Å². The van der Waals surface area contributed by atoms with Gasteiger partial charge in [-0.15, -0.1) is 0 Å². The van der Waals surface area contributed by atoms with Gasteiger partial charge in [0.15, 0.2) is 0 Å². The second-order valence-corrected chi connectivity index (χ2v) is 5.95. The van der Waals surface area contributed by atoms with Crippen LogP contribution in [-0.4, -0.2) is 17.1 Å². The molecule has 0 aliphatic rings. The highest BCUT2D eigenvalue weighted by atomic mass is 16.5. The Kier molecular flexibility index (Phi) is 4.66. The highest BCUT2D eigenvalue weighted by Crippen LogP contribution is 2.19. The fourth-order valence-corrected chi connectivity index (χ4v) is 2.44. The molecule has 0 aliphatic carbocycles. The van der Waals surface area contributed by atoms with Crippen molar-refractivity contribution in [3.63, 3.8) is 0 Å². The number of benzene rings is 1. The normalized spacial score (nSPS) is 15.1. The van der Waals surface area contributed by atoms with Gasteiger partial charge < -0.3 is 15.6 Å². The summed E-state index contributed by atoms with van der Waals surface area (Å²) in [5.41, 5.74) is 7.84. The molecule has 0 fully saturated rings. The van der Waals surface area contributed by atoms with Crippen LogP contribution in [0.1, 0.15) is 36.4 Å². The number of hydrogen-bond acceptors (Lipinski definition) is 4. The van der Waals surface area contributed by atoms with E-state index in [4.69, 9.17) is 10.3 Å². The molecule has 2 atom stereocenters. The Bertz CT molecular complexity index is 628. The average molecular weight is 301 g/mol. The molecule has 118 valence electrons. The summed E-state index contributed by atoms with van der Waals surface area (Å²) in [6.07, 6.45) is 0.664. The minimum Gasteiger partial charge on any atom is -0.361 e. The van der Waals surface area contributed by atoms with E-state index in [1.165, 1.54) is 0 Å². The summed E-state index contributed by atoms with van der Waals surface area (Å²) in [5.74, 6) is 0.593. The predicted molar refractivity (Wildman–Crippen MR) is 85.3 cm³/mol. The average Bonchev–Trinajstić information content (AvgIpc) is 2.80. The van der Waals surface area contributed by atoms with Gasteiger partial charge >= 0.3 is 0 Å². The van der Waals surface area contributed by atoms with E-state index < -0.39 is 5.54 Å². The van der Waals surface area contributed by atoms with Gasteiger partial charge in [0.2, 0.25) is 5.91 Å². The molecule has 0 spiro atoms. The van der Waals surface area contributed by atoms with Gasteiger partial charge in [-0.05, 0) is 39.7 Å². The van der Waals surface area contributed by atoms with Crippen LogP contribution in [0.15, 0.2) is 34.9 Å². The maximum absolute atomic E-state index is 12.5. The number of nitrogens with two attached hydrogens (primary N) is 1. The monoisotopic (exact) mass is 301 g/mol. The lowest BCUT2D eigenvalue weighted by molar-refractivity contribution is -0.126. The smallest absolute Gasteiger partial charge is 0.244 e. The number of hydrogen-bond donors (Lipinski definition) is 2. The SMILES string of the molecule is Cc1noc(C)c1CC(C)NC(=O)C(C)(N)c1ccccc1. The van der Waals surface area contributed by atoms with E-state index in [9.17, 15) is 4.79 Å². The third kappa shape index (κ3) is 3.36. The van der Waals surface area contributed by atoms with E-state index in [0.717, 1.165) is 22.6 Å². The molecule has 1 aromatic heterocycles. The standard InChI is InChI=1S/C17H23N3O2/c1-11(10-15-12(2)20-22-13(15)3)19-16(21)17(4,18)14-8-6-5-7-9-14/h5-9,11H,10,18H2,1-4H3,(H,19,21).